The number of imidazole rings is 1. The number of hydrogen-bond donors (Lipinski definition) is 2. The minimum absolute atomic E-state index is 0.0112. The molecule has 9 nitrogen and oxygen atoms in total. The zero-order valence-corrected chi connectivity index (χ0v) is 18.0. The summed E-state index contributed by atoms with van der Waals surface area (Å²) in [4.78, 5) is 28.7. The van der Waals surface area contributed by atoms with Crippen LogP contribution in [0.15, 0.2) is 55.1 Å². The number of hydrogen-bond acceptors (Lipinski definition) is 5. The van der Waals surface area contributed by atoms with Crippen molar-refractivity contribution in [2.75, 3.05) is 24.6 Å². The van der Waals surface area contributed by atoms with Crippen LogP contribution in [-0.4, -0.2) is 66.3 Å². The van der Waals surface area contributed by atoms with E-state index in [-0.39, 0.29) is 24.6 Å². The van der Waals surface area contributed by atoms with Gasteiger partial charge in [-0.3, -0.25) is 4.90 Å². The lowest BCUT2D eigenvalue weighted by Crippen LogP contribution is -2.38. The summed E-state index contributed by atoms with van der Waals surface area (Å²) in [5.74, 6) is 1.66. The molecule has 0 radical (unpaired) electrons. The largest absolute Gasteiger partial charge is 0.395 e. The van der Waals surface area contributed by atoms with Crippen molar-refractivity contribution in [3.05, 3.63) is 55.1 Å². The number of carbonyl (C=O) groups excluding carboxylic acids is 1. The van der Waals surface area contributed by atoms with Crippen LogP contribution in [0.25, 0.3) is 28.2 Å². The molecule has 32 heavy (non-hydrogen) atoms. The van der Waals surface area contributed by atoms with E-state index >= 15 is 0 Å². The molecule has 0 saturated carbocycles. The van der Waals surface area contributed by atoms with Crippen molar-refractivity contribution in [2.24, 2.45) is 5.92 Å². The lowest BCUT2D eigenvalue weighted by atomic mass is 10.0. The quantitative estimate of drug-likeness (QED) is 0.489. The van der Waals surface area contributed by atoms with Crippen LogP contribution in [-0.2, 0) is 0 Å². The van der Waals surface area contributed by atoms with Gasteiger partial charge in [-0.05, 0) is 17.5 Å². The fraction of sp³-hybridized carbons (Fsp3) is 0.304. The summed E-state index contributed by atoms with van der Waals surface area (Å²) in [6.07, 6.45) is 7.15. The third-order valence-electron chi connectivity index (χ3n) is 5.92. The van der Waals surface area contributed by atoms with Crippen LogP contribution in [0, 0.1) is 5.92 Å². The van der Waals surface area contributed by atoms with Crippen LogP contribution in [0.2, 0.25) is 0 Å². The predicted molar refractivity (Wildman–Crippen MR) is 121 cm³/mol. The molecule has 1 fully saturated rings. The number of nitrogens with zero attached hydrogens (tertiary/aromatic N) is 6. The monoisotopic (exact) mass is 431 g/mol. The Morgan fingerprint density at radius 2 is 1.97 bits per heavy atom. The van der Waals surface area contributed by atoms with Gasteiger partial charge in [-0.1, -0.05) is 38.1 Å². The van der Waals surface area contributed by atoms with Gasteiger partial charge in [-0.25, -0.2) is 19.3 Å². The zero-order chi connectivity index (χ0) is 22.2. The van der Waals surface area contributed by atoms with E-state index in [9.17, 15) is 9.90 Å². The van der Waals surface area contributed by atoms with Gasteiger partial charge in [-0.15, -0.1) is 0 Å². The molecule has 5 rings (SSSR count). The van der Waals surface area contributed by atoms with Crippen LogP contribution in [0.5, 0.6) is 0 Å². The Morgan fingerprint density at radius 3 is 2.66 bits per heavy atom. The van der Waals surface area contributed by atoms with Gasteiger partial charge < -0.3 is 15.0 Å². The number of amides is 2. The van der Waals surface area contributed by atoms with Gasteiger partial charge in [0.05, 0.1) is 18.8 Å². The van der Waals surface area contributed by atoms with Crippen molar-refractivity contribution >= 4 is 17.5 Å². The molecule has 1 aromatic carbocycles. The number of anilines is 1. The number of rotatable bonds is 6. The number of aromatic amines is 1. The second-order valence-electron chi connectivity index (χ2n) is 8.26. The molecule has 1 atom stereocenters. The van der Waals surface area contributed by atoms with Gasteiger partial charge in [0, 0.05) is 42.8 Å². The van der Waals surface area contributed by atoms with Gasteiger partial charge in [-0.2, -0.15) is 5.10 Å². The Labute approximate surface area is 185 Å². The summed E-state index contributed by atoms with van der Waals surface area (Å²) in [5, 5.41) is 13.8. The molecule has 0 spiro atoms. The van der Waals surface area contributed by atoms with Gasteiger partial charge in [0.15, 0.2) is 5.65 Å². The number of nitrogens with one attached hydrogen (secondary N) is 1. The average Bonchev–Trinajstić information content (AvgIpc) is 3.53. The molecule has 2 amide bonds. The van der Waals surface area contributed by atoms with E-state index in [1.165, 1.54) is 0 Å². The third-order valence-corrected chi connectivity index (χ3v) is 5.92. The minimum atomic E-state index is -0.126. The number of benzene rings is 1. The number of aliphatic hydroxyl groups is 1. The minimum Gasteiger partial charge on any atom is -0.395 e. The molecule has 2 N–H and O–H groups in total. The molecule has 3 aromatic heterocycles. The first-order chi connectivity index (χ1) is 15.6. The molecule has 4 heterocycles. The van der Waals surface area contributed by atoms with Crippen LogP contribution >= 0.6 is 0 Å². The lowest BCUT2D eigenvalue weighted by molar-refractivity contribution is 0.198. The second kappa shape index (κ2) is 8.08. The van der Waals surface area contributed by atoms with Crippen molar-refractivity contribution in [3.63, 3.8) is 0 Å². The predicted octanol–water partition coefficient (Wildman–Crippen LogP) is 3.05. The van der Waals surface area contributed by atoms with E-state index in [1.807, 2.05) is 36.5 Å². The first-order valence-electron chi connectivity index (χ1n) is 10.7. The maximum absolute atomic E-state index is 13.1. The SMILES string of the molecule is CC(C)C1CN(CCO)C(=O)N1c1ccn2ncc(-c3ccc(-c4ncc[nH]4)cc3)c2n1. The molecular formula is C23H25N7O2. The first-order valence-corrected chi connectivity index (χ1v) is 10.7. The van der Waals surface area contributed by atoms with Crippen molar-refractivity contribution in [1.82, 2.24) is 29.5 Å². The van der Waals surface area contributed by atoms with E-state index in [0.717, 1.165) is 22.5 Å². The molecule has 1 aliphatic rings. The fourth-order valence-corrected chi connectivity index (χ4v) is 4.19. The van der Waals surface area contributed by atoms with Crippen molar-refractivity contribution in [3.8, 4) is 22.5 Å². The number of H-pyrrole nitrogens is 1. The molecule has 9 heteroatoms. The average molecular weight is 432 g/mol. The summed E-state index contributed by atoms with van der Waals surface area (Å²) in [5.41, 5.74) is 3.55. The van der Waals surface area contributed by atoms with E-state index in [0.29, 0.717) is 24.6 Å². The highest BCUT2D eigenvalue weighted by molar-refractivity contribution is 5.94. The Bertz CT molecular complexity index is 1230. The van der Waals surface area contributed by atoms with Crippen LogP contribution < -0.4 is 4.90 Å². The smallest absolute Gasteiger partial charge is 0.326 e. The highest BCUT2D eigenvalue weighted by Gasteiger charge is 2.40. The van der Waals surface area contributed by atoms with E-state index < -0.39 is 0 Å². The number of aliphatic hydroxyl groups excluding tert-OH is 1. The number of β-amino-alcohol motifs (C(OH)–C–C–N with tert-alkyl or cyclic N) is 1. The van der Waals surface area contributed by atoms with Crippen molar-refractivity contribution in [2.45, 2.75) is 19.9 Å². The maximum Gasteiger partial charge on any atom is 0.326 e. The van der Waals surface area contributed by atoms with E-state index in [1.54, 1.807) is 32.9 Å². The Balaban J connectivity index is 1.52. The molecule has 4 aromatic rings. The van der Waals surface area contributed by atoms with Crippen molar-refractivity contribution in [1.29, 1.82) is 0 Å². The number of urea groups is 1. The summed E-state index contributed by atoms with van der Waals surface area (Å²) < 4.78 is 1.72. The van der Waals surface area contributed by atoms with Crippen LogP contribution in [0.3, 0.4) is 0 Å². The molecule has 1 saturated heterocycles. The first kappa shape index (κ1) is 20.2. The molecule has 0 aliphatic carbocycles. The van der Waals surface area contributed by atoms with Gasteiger partial charge in [0.1, 0.15) is 11.6 Å². The Hall–Kier alpha value is -3.72. The fourth-order valence-electron chi connectivity index (χ4n) is 4.19. The van der Waals surface area contributed by atoms with Gasteiger partial charge in [0.25, 0.3) is 0 Å². The van der Waals surface area contributed by atoms with Crippen LogP contribution in [0.4, 0.5) is 10.6 Å². The number of fused-ring (bicyclic) bond motifs is 1. The van der Waals surface area contributed by atoms with Crippen molar-refractivity contribution < 1.29 is 9.90 Å². The summed E-state index contributed by atoms with van der Waals surface area (Å²) in [6, 6.07) is 9.73. The highest BCUT2D eigenvalue weighted by Crippen LogP contribution is 2.30. The molecular weight excluding hydrogens is 406 g/mol. The van der Waals surface area contributed by atoms with Gasteiger partial charge >= 0.3 is 6.03 Å². The normalized spacial score (nSPS) is 16.6. The number of aromatic nitrogens is 5. The zero-order valence-electron chi connectivity index (χ0n) is 18.0. The molecule has 164 valence electrons. The summed E-state index contributed by atoms with van der Waals surface area (Å²) >= 11 is 0. The number of carbonyl (C=O) groups is 1. The summed E-state index contributed by atoms with van der Waals surface area (Å²) in [7, 11) is 0. The highest BCUT2D eigenvalue weighted by atomic mass is 16.3. The second-order valence-corrected chi connectivity index (χ2v) is 8.26. The molecule has 1 unspecified atom stereocenters. The Kier molecular flexibility index (Phi) is 5.10. The van der Waals surface area contributed by atoms with E-state index in [4.69, 9.17) is 4.98 Å². The third kappa shape index (κ3) is 3.40. The van der Waals surface area contributed by atoms with E-state index in [2.05, 4.69) is 28.9 Å². The Morgan fingerprint density at radius 1 is 1.19 bits per heavy atom. The van der Waals surface area contributed by atoms with Gasteiger partial charge in [0.2, 0.25) is 0 Å². The molecule has 0 bridgehead atoms. The van der Waals surface area contributed by atoms with Crippen LogP contribution in [0.1, 0.15) is 13.8 Å². The topological polar surface area (TPSA) is 103 Å². The summed E-state index contributed by atoms with van der Waals surface area (Å²) in [6.45, 7) is 5.02. The molecule has 1 aliphatic heterocycles. The maximum atomic E-state index is 13.1. The lowest BCUT2D eigenvalue weighted by Gasteiger charge is -2.25. The standard InChI is InChI=1S/C23H25N7O2/c1-15(2)19-14-28(11-12-31)23(32)30(19)20-7-10-29-22(27-20)18(13-26-29)16-3-5-17(6-4-16)21-24-8-9-25-21/h3-10,13,15,19,31H,11-12,14H2,1-2H3,(H,24,25).